The predicted octanol–water partition coefficient (Wildman–Crippen LogP) is 6.42. The summed E-state index contributed by atoms with van der Waals surface area (Å²) >= 11 is 12.2. The zero-order chi connectivity index (χ0) is 18.1. The molecule has 1 aromatic heterocycles. The third kappa shape index (κ3) is 3.48. The molecule has 1 N–H and O–H groups in total. The molecular formula is C20H17Cl2NO2. The Hall–Kier alpha value is -2.10. The first kappa shape index (κ1) is 17.7. The first-order chi connectivity index (χ1) is 11.9. The molecule has 0 fully saturated rings. The molecular weight excluding hydrogens is 357 g/mol. The number of rotatable bonds is 4. The van der Waals surface area contributed by atoms with Crippen LogP contribution >= 0.6 is 23.2 Å². The number of fused-ring (bicyclic) bond motifs is 1. The van der Waals surface area contributed by atoms with Gasteiger partial charge in [0, 0.05) is 16.0 Å². The van der Waals surface area contributed by atoms with Gasteiger partial charge in [0.1, 0.15) is 0 Å². The summed E-state index contributed by atoms with van der Waals surface area (Å²) in [6.45, 7) is 4.23. The summed E-state index contributed by atoms with van der Waals surface area (Å²) in [5.74, 6) is -0.628. The van der Waals surface area contributed by atoms with E-state index in [9.17, 15) is 9.90 Å². The van der Waals surface area contributed by atoms with Gasteiger partial charge in [-0.05, 0) is 54.3 Å². The minimum Gasteiger partial charge on any atom is -0.478 e. The van der Waals surface area contributed by atoms with Crippen molar-refractivity contribution in [1.82, 2.24) is 4.98 Å². The fourth-order valence-electron chi connectivity index (χ4n) is 2.80. The molecule has 0 saturated heterocycles. The normalized spacial score (nSPS) is 12.3. The minimum absolute atomic E-state index is 0.219. The molecule has 25 heavy (non-hydrogen) atoms. The van der Waals surface area contributed by atoms with Gasteiger partial charge in [-0.15, -0.1) is 0 Å². The molecule has 3 aromatic rings. The van der Waals surface area contributed by atoms with E-state index >= 15 is 0 Å². The number of hydrogen-bond donors (Lipinski definition) is 1. The number of nitrogens with zero attached hydrogens (tertiary/aromatic N) is 1. The van der Waals surface area contributed by atoms with Crippen LogP contribution in [0.2, 0.25) is 10.0 Å². The standard InChI is InChI=1S/C20H17Cl2NO2/c1-3-11(2)12-4-7-18-15(8-12)16(20(24)25)10-19(23-18)14-6-5-13(21)9-17(14)22/h4-11H,3H2,1-2H3,(H,24,25). The largest absolute Gasteiger partial charge is 0.478 e. The summed E-state index contributed by atoms with van der Waals surface area (Å²) in [6.07, 6.45) is 0.986. The molecule has 0 spiro atoms. The summed E-state index contributed by atoms with van der Waals surface area (Å²) in [5.41, 5.74) is 3.13. The van der Waals surface area contributed by atoms with E-state index in [1.807, 2.05) is 18.2 Å². The number of carbonyl (C=O) groups is 1. The molecule has 0 saturated carbocycles. The van der Waals surface area contributed by atoms with Crippen molar-refractivity contribution in [3.63, 3.8) is 0 Å². The number of aromatic nitrogens is 1. The van der Waals surface area contributed by atoms with Crippen LogP contribution in [0.15, 0.2) is 42.5 Å². The highest BCUT2D eigenvalue weighted by Crippen LogP contribution is 2.33. The minimum atomic E-state index is -0.986. The van der Waals surface area contributed by atoms with E-state index in [0.29, 0.717) is 38.1 Å². The van der Waals surface area contributed by atoms with E-state index in [1.54, 1.807) is 24.3 Å². The number of benzene rings is 2. The van der Waals surface area contributed by atoms with Gasteiger partial charge in [0.15, 0.2) is 0 Å². The van der Waals surface area contributed by atoms with E-state index in [4.69, 9.17) is 23.2 Å². The first-order valence-corrected chi connectivity index (χ1v) is 8.79. The molecule has 1 unspecified atom stereocenters. The summed E-state index contributed by atoms with van der Waals surface area (Å²) < 4.78 is 0. The smallest absolute Gasteiger partial charge is 0.336 e. The average molecular weight is 374 g/mol. The van der Waals surface area contributed by atoms with Crippen molar-refractivity contribution >= 4 is 40.1 Å². The van der Waals surface area contributed by atoms with Crippen LogP contribution in [0, 0.1) is 0 Å². The molecule has 0 bridgehead atoms. The van der Waals surface area contributed by atoms with Crippen LogP contribution in [-0.2, 0) is 0 Å². The Balaban J connectivity index is 2.25. The Morgan fingerprint density at radius 3 is 2.56 bits per heavy atom. The Kier molecular flexibility index (Phi) is 4.98. The summed E-state index contributed by atoms with van der Waals surface area (Å²) in [7, 11) is 0. The van der Waals surface area contributed by atoms with Gasteiger partial charge in [-0.2, -0.15) is 0 Å². The van der Waals surface area contributed by atoms with Crippen molar-refractivity contribution in [2.45, 2.75) is 26.2 Å². The zero-order valence-electron chi connectivity index (χ0n) is 13.9. The summed E-state index contributed by atoms with van der Waals surface area (Å²) in [4.78, 5) is 16.4. The highest BCUT2D eigenvalue weighted by Gasteiger charge is 2.16. The highest BCUT2D eigenvalue weighted by molar-refractivity contribution is 6.36. The van der Waals surface area contributed by atoms with Gasteiger partial charge in [0.05, 0.1) is 21.8 Å². The third-order valence-corrected chi connectivity index (χ3v) is 5.00. The van der Waals surface area contributed by atoms with Crippen molar-refractivity contribution in [2.75, 3.05) is 0 Å². The molecule has 3 nitrogen and oxygen atoms in total. The van der Waals surface area contributed by atoms with E-state index in [0.717, 1.165) is 12.0 Å². The van der Waals surface area contributed by atoms with Crippen molar-refractivity contribution in [2.24, 2.45) is 0 Å². The van der Waals surface area contributed by atoms with Crippen LogP contribution in [0.1, 0.15) is 42.1 Å². The summed E-state index contributed by atoms with van der Waals surface area (Å²) in [5, 5.41) is 11.3. The maximum absolute atomic E-state index is 11.8. The van der Waals surface area contributed by atoms with Crippen LogP contribution in [0.5, 0.6) is 0 Å². The molecule has 0 aliphatic carbocycles. The second-order valence-corrected chi connectivity index (χ2v) is 6.91. The van der Waals surface area contributed by atoms with Crippen LogP contribution in [0.4, 0.5) is 0 Å². The van der Waals surface area contributed by atoms with Crippen molar-refractivity contribution in [1.29, 1.82) is 0 Å². The van der Waals surface area contributed by atoms with Crippen molar-refractivity contribution in [3.8, 4) is 11.3 Å². The van der Waals surface area contributed by atoms with E-state index in [-0.39, 0.29) is 5.56 Å². The SMILES string of the molecule is CCC(C)c1ccc2nc(-c3ccc(Cl)cc3Cl)cc(C(=O)O)c2c1. The van der Waals surface area contributed by atoms with Gasteiger partial charge in [0.2, 0.25) is 0 Å². The van der Waals surface area contributed by atoms with E-state index < -0.39 is 5.97 Å². The number of carboxylic acid groups (broad SMARTS) is 1. The monoisotopic (exact) mass is 373 g/mol. The number of carboxylic acids is 1. The lowest BCUT2D eigenvalue weighted by Crippen LogP contribution is -2.02. The number of halogens is 2. The third-order valence-electron chi connectivity index (χ3n) is 4.45. The fourth-order valence-corrected chi connectivity index (χ4v) is 3.30. The van der Waals surface area contributed by atoms with Gasteiger partial charge in [0.25, 0.3) is 0 Å². The number of aromatic carboxylic acids is 1. The molecule has 0 aliphatic rings. The van der Waals surface area contributed by atoms with E-state index in [1.165, 1.54) is 0 Å². The lowest BCUT2D eigenvalue weighted by Gasteiger charge is -2.13. The van der Waals surface area contributed by atoms with Crippen molar-refractivity contribution < 1.29 is 9.90 Å². The predicted molar refractivity (Wildman–Crippen MR) is 103 cm³/mol. The Labute approximate surface area is 156 Å². The van der Waals surface area contributed by atoms with Crippen molar-refractivity contribution in [3.05, 3.63) is 63.6 Å². The molecule has 0 radical (unpaired) electrons. The Bertz CT molecular complexity index is 969. The molecule has 2 aromatic carbocycles. The molecule has 5 heteroatoms. The second-order valence-electron chi connectivity index (χ2n) is 6.07. The fraction of sp³-hybridized carbons (Fsp3) is 0.200. The quantitative estimate of drug-likeness (QED) is 0.573. The van der Waals surface area contributed by atoms with Crippen LogP contribution in [0.3, 0.4) is 0 Å². The maximum atomic E-state index is 11.8. The van der Waals surface area contributed by atoms with Gasteiger partial charge in [-0.25, -0.2) is 9.78 Å². The van der Waals surface area contributed by atoms with Crippen LogP contribution in [0.25, 0.3) is 22.2 Å². The highest BCUT2D eigenvalue weighted by atomic mass is 35.5. The molecule has 3 rings (SSSR count). The van der Waals surface area contributed by atoms with Crippen LogP contribution in [-0.4, -0.2) is 16.1 Å². The van der Waals surface area contributed by atoms with Gasteiger partial charge < -0.3 is 5.11 Å². The number of hydrogen-bond acceptors (Lipinski definition) is 2. The summed E-state index contributed by atoms with van der Waals surface area (Å²) in [6, 6.07) is 12.4. The molecule has 1 heterocycles. The topological polar surface area (TPSA) is 50.2 Å². The zero-order valence-corrected chi connectivity index (χ0v) is 15.4. The second kappa shape index (κ2) is 7.03. The molecule has 0 aliphatic heterocycles. The maximum Gasteiger partial charge on any atom is 0.336 e. The average Bonchev–Trinajstić information content (AvgIpc) is 2.59. The Morgan fingerprint density at radius 1 is 1.16 bits per heavy atom. The number of pyridine rings is 1. The van der Waals surface area contributed by atoms with Gasteiger partial charge in [-0.3, -0.25) is 0 Å². The molecule has 0 amide bonds. The van der Waals surface area contributed by atoms with Gasteiger partial charge >= 0.3 is 5.97 Å². The Morgan fingerprint density at radius 2 is 1.92 bits per heavy atom. The lowest BCUT2D eigenvalue weighted by molar-refractivity contribution is 0.0699. The molecule has 1 atom stereocenters. The van der Waals surface area contributed by atoms with E-state index in [2.05, 4.69) is 18.8 Å². The van der Waals surface area contributed by atoms with Crippen LogP contribution < -0.4 is 0 Å². The first-order valence-electron chi connectivity index (χ1n) is 8.04. The molecule has 128 valence electrons. The lowest BCUT2D eigenvalue weighted by atomic mass is 9.95. The van der Waals surface area contributed by atoms with Gasteiger partial charge in [-0.1, -0.05) is 43.1 Å².